The van der Waals surface area contributed by atoms with Gasteiger partial charge in [0.05, 0.1) is 12.3 Å². The van der Waals surface area contributed by atoms with Crippen LogP contribution in [0.3, 0.4) is 0 Å². The van der Waals surface area contributed by atoms with Crippen LogP contribution in [0.15, 0.2) is 30.3 Å². The summed E-state index contributed by atoms with van der Waals surface area (Å²) in [4.78, 5) is 11.7. The van der Waals surface area contributed by atoms with Gasteiger partial charge < -0.3 is 4.74 Å². The van der Waals surface area contributed by atoms with E-state index in [4.69, 9.17) is 4.74 Å². The van der Waals surface area contributed by atoms with Gasteiger partial charge in [-0.05, 0) is 29.5 Å². The van der Waals surface area contributed by atoms with E-state index in [-0.39, 0.29) is 11.4 Å². The van der Waals surface area contributed by atoms with E-state index in [1.165, 1.54) is 5.56 Å². The minimum atomic E-state index is -0.384. The van der Waals surface area contributed by atoms with Gasteiger partial charge in [-0.2, -0.15) is 5.10 Å². The Balaban J connectivity index is 2.32. The highest BCUT2D eigenvalue weighted by Crippen LogP contribution is 2.26. The lowest BCUT2D eigenvalue weighted by molar-refractivity contribution is 0.0518. The molecule has 0 saturated heterocycles. The van der Waals surface area contributed by atoms with Gasteiger partial charge in [-0.25, -0.2) is 4.79 Å². The number of ether oxygens (including phenoxy) is 1. The molecule has 0 aliphatic heterocycles. The molecule has 0 saturated carbocycles. The third-order valence-electron chi connectivity index (χ3n) is 3.41. The lowest BCUT2D eigenvalue weighted by Crippen LogP contribution is -2.10. The molecule has 0 aliphatic rings. The highest BCUT2D eigenvalue weighted by molar-refractivity contribution is 5.88. The van der Waals surface area contributed by atoms with Gasteiger partial charge in [0.25, 0.3) is 0 Å². The van der Waals surface area contributed by atoms with Crippen LogP contribution in [-0.2, 0) is 17.2 Å². The zero-order valence-electron chi connectivity index (χ0n) is 13.3. The number of aromatic nitrogens is 2. The first-order valence-electron chi connectivity index (χ1n) is 7.15. The number of carbonyl (C=O) groups excluding carboxylic acids is 1. The van der Waals surface area contributed by atoms with Crippen molar-refractivity contribution < 1.29 is 9.53 Å². The van der Waals surface area contributed by atoms with E-state index in [2.05, 4.69) is 50.1 Å². The molecule has 0 radical (unpaired) electrons. The molecule has 0 unspecified atom stereocenters. The smallest absolute Gasteiger partial charge is 0.358 e. The fraction of sp³-hybridized carbons (Fsp3) is 0.412. The maximum atomic E-state index is 11.7. The van der Waals surface area contributed by atoms with Crippen LogP contribution in [-0.4, -0.2) is 22.4 Å². The number of carbonyl (C=O) groups is 1. The van der Waals surface area contributed by atoms with Crippen molar-refractivity contribution in [1.29, 1.82) is 0 Å². The van der Waals surface area contributed by atoms with Gasteiger partial charge in [-0.15, -0.1) is 0 Å². The zero-order valence-corrected chi connectivity index (χ0v) is 13.3. The van der Waals surface area contributed by atoms with Crippen LogP contribution in [0.25, 0.3) is 11.3 Å². The van der Waals surface area contributed by atoms with Gasteiger partial charge in [-0.1, -0.05) is 45.0 Å². The fourth-order valence-corrected chi connectivity index (χ4v) is 2.18. The van der Waals surface area contributed by atoms with Gasteiger partial charge >= 0.3 is 5.97 Å². The second-order valence-electron chi connectivity index (χ2n) is 6.09. The van der Waals surface area contributed by atoms with E-state index in [1.54, 1.807) is 17.7 Å². The summed E-state index contributed by atoms with van der Waals surface area (Å²) >= 11 is 0. The normalized spacial score (nSPS) is 11.5. The Labute approximate surface area is 125 Å². The van der Waals surface area contributed by atoms with Crippen molar-refractivity contribution in [2.75, 3.05) is 6.61 Å². The van der Waals surface area contributed by atoms with E-state index in [1.807, 2.05) is 7.05 Å². The number of benzene rings is 1. The summed E-state index contributed by atoms with van der Waals surface area (Å²) in [6.45, 7) is 8.69. The maximum absolute atomic E-state index is 11.7. The van der Waals surface area contributed by atoms with Gasteiger partial charge in [0, 0.05) is 7.05 Å². The molecule has 1 heterocycles. The summed E-state index contributed by atoms with van der Waals surface area (Å²) in [5, 5.41) is 4.22. The van der Waals surface area contributed by atoms with Crippen molar-refractivity contribution in [3.8, 4) is 11.3 Å². The Morgan fingerprint density at radius 1 is 1.24 bits per heavy atom. The predicted molar refractivity (Wildman–Crippen MR) is 83.3 cm³/mol. The Bertz CT molecular complexity index is 634. The van der Waals surface area contributed by atoms with Crippen molar-refractivity contribution >= 4 is 5.97 Å². The third-order valence-corrected chi connectivity index (χ3v) is 3.41. The van der Waals surface area contributed by atoms with Gasteiger partial charge in [0.1, 0.15) is 0 Å². The van der Waals surface area contributed by atoms with E-state index in [0.29, 0.717) is 12.3 Å². The van der Waals surface area contributed by atoms with Crippen LogP contribution in [0.4, 0.5) is 0 Å². The van der Waals surface area contributed by atoms with Crippen molar-refractivity contribution in [3.63, 3.8) is 0 Å². The SMILES string of the molecule is CCOC(=O)c1cc(-c2ccc(C(C)(C)C)cc2)n(C)n1. The summed E-state index contributed by atoms with van der Waals surface area (Å²) in [6, 6.07) is 10.1. The van der Waals surface area contributed by atoms with Gasteiger partial charge in [0.15, 0.2) is 5.69 Å². The molecule has 0 bridgehead atoms. The quantitative estimate of drug-likeness (QED) is 0.810. The molecule has 4 heteroatoms. The van der Waals surface area contributed by atoms with Crippen molar-refractivity contribution in [2.45, 2.75) is 33.1 Å². The average molecular weight is 286 g/mol. The number of nitrogens with zero attached hydrogens (tertiary/aromatic N) is 2. The van der Waals surface area contributed by atoms with Crippen molar-refractivity contribution in [3.05, 3.63) is 41.6 Å². The Kier molecular flexibility index (Phi) is 4.16. The number of esters is 1. The summed E-state index contributed by atoms with van der Waals surface area (Å²) < 4.78 is 6.69. The Morgan fingerprint density at radius 3 is 2.38 bits per heavy atom. The maximum Gasteiger partial charge on any atom is 0.358 e. The lowest BCUT2D eigenvalue weighted by Gasteiger charge is -2.19. The van der Waals surface area contributed by atoms with Crippen LogP contribution in [0.2, 0.25) is 0 Å². The molecular weight excluding hydrogens is 264 g/mol. The minimum absolute atomic E-state index is 0.126. The topological polar surface area (TPSA) is 44.1 Å². The van der Waals surface area contributed by atoms with Crippen LogP contribution in [0.1, 0.15) is 43.7 Å². The highest BCUT2D eigenvalue weighted by atomic mass is 16.5. The molecule has 0 amide bonds. The lowest BCUT2D eigenvalue weighted by atomic mass is 9.86. The standard InChI is InChI=1S/C17H22N2O2/c1-6-21-16(20)14-11-15(19(5)18-14)12-7-9-13(10-8-12)17(2,3)4/h7-11H,6H2,1-5H3. The molecule has 0 spiro atoms. The summed E-state index contributed by atoms with van der Waals surface area (Å²) in [5.74, 6) is -0.384. The molecule has 112 valence electrons. The van der Waals surface area contributed by atoms with E-state index in [9.17, 15) is 4.79 Å². The van der Waals surface area contributed by atoms with Crippen LogP contribution < -0.4 is 0 Å². The third kappa shape index (κ3) is 3.32. The Morgan fingerprint density at radius 2 is 1.86 bits per heavy atom. The second-order valence-corrected chi connectivity index (χ2v) is 6.09. The first-order valence-corrected chi connectivity index (χ1v) is 7.15. The van der Waals surface area contributed by atoms with Crippen LogP contribution in [0.5, 0.6) is 0 Å². The number of hydrogen-bond donors (Lipinski definition) is 0. The van der Waals surface area contributed by atoms with Crippen LogP contribution >= 0.6 is 0 Å². The molecule has 1 aromatic carbocycles. The number of aryl methyl sites for hydroxylation is 1. The molecule has 2 aromatic rings. The molecule has 4 nitrogen and oxygen atoms in total. The Hall–Kier alpha value is -2.10. The van der Waals surface area contributed by atoms with Gasteiger partial charge in [0.2, 0.25) is 0 Å². The summed E-state index contributed by atoms with van der Waals surface area (Å²) in [7, 11) is 1.83. The molecule has 0 fully saturated rings. The van der Waals surface area contributed by atoms with Gasteiger partial charge in [-0.3, -0.25) is 4.68 Å². The van der Waals surface area contributed by atoms with Crippen LogP contribution in [0, 0.1) is 0 Å². The molecule has 1 aromatic heterocycles. The molecule has 0 atom stereocenters. The van der Waals surface area contributed by atoms with E-state index in [0.717, 1.165) is 11.3 Å². The largest absolute Gasteiger partial charge is 0.461 e. The fourth-order valence-electron chi connectivity index (χ4n) is 2.18. The zero-order chi connectivity index (χ0) is 15.6. The van der Waals surface area contributed by atoms with Crippen molar-refractivity contribution in [1.82, 2.24) is 9.78 Å². The average Bonchev–Trinajstić information content (AvgIpc) is 2.80. The highest BCUT2D eigenvalue weighted by Gasteiger charge is 2.16. The second kappa shape index (κ2) is 5.72. The molecular formula is C17H22N2O2. The number of rotatable bonds is 3. The predicted octanol–water partition coefficient (Wildman–Crippen LogP) is 3.56. The number of hydrogen-bond acceptors (Lipinski definition) is 3. The first-order chi connectivity index (χ1) is 9.82. The van der Waals surface area contributed by atoms with E-state index >= 15 is 0 Å². The monoisotopic (exact) mass is 286 g/mol. The molecule has 2 rings (SSSR count). The van der Waals surface area contributed by atoms with Crippen molar-refractivity contribution in [2.24, 2.45) is 7.05 Å². The molecule has 21 heavy (non-hydrogen) atoms. The minimum Gasteiger partial charge on any atom is -0.461 e. The summed E-state index contributed by atoms with van der Waals surface area (Å²) in [5.41, 5.74) is 3.68. The molecule has 0 aliphatic carbocycles. The first kappa shape index (κ1) is 15.3. The summed E-state index contributed by atoms with van der Waals surface area (Å²) in [6.07, 6.45) is 0. The molecule has 0 N–H and O–H groups in total. The van der Waals surface area contributed by atoms with E-state index < -0.39 is 0 Å².